The van der Waals surface area contributed by atoms with Gasteiger partial charge in [-0.2, -0.15) is 0 Å². The first kappa shape index (κ1) is 18.2. The molecule has 2 atom stereocenters. The van der Waals surface area contributed by atoms with Gasteiger partial charge in [-0.1, -0.05) is 12.8 Å². The van der Waals surface area contributed by atoms with Crippen LogP contribution in [0.3, 0.4) is 0 Å². The van der Waals surface area contributed by atoms with Gasteiger partial charge in [-0.3, -0.25) is 9.59 Å². The Morgan fingerprint density at radius 2 is 1.79 bits per heavy atom. The lowest BCUT2D eigenvalue weighted by Gasteiger charge is -2.47. The summed E-state index contributed by atoms with van der Waals surface area (Å²) in [6, 6.07) is 0. The van der Waals surface area contributed by atoms with E-state index in [-0.39, 0.29) is 30.0 Å². The monoisotopic (exact) mass is 338 g/mol. The third kappa shape index (κ3) is 2.61. The minimum Gasteiger partial charge on any atom is -0.469 e. The summed E-state index contributed by atoms with van der Waals surface area (Å²) in [5, 5.41) is 0. The van der Waals surface area contributed by atoms with E-state index in [0.717, 1.165) is 13.5 Å². The van der Waals surface area contributed by atoms with Crippen molar-refractivity contribution in [2.45, 2.75) is 39.0 Å². The van der Waals surface area contributed by atoms with Crippen LogP contribution in [-0.2, 0) is 33.4 Å². The number of hydrogen-bond acceptors (Lipinski definition) is 7. The highest BCUT2D eigenvalue weighted by Gasteiger charge is 2.66. The zero-order valence-electron chi connectivity index (χ0n) is 14.2. The Morgan fingerprint density at radius 1 is 1.08 bits per heavy atom. The maximum absolute atomic E-state index is 12.8. The van der Waals surface area contributed by atoms with Gasteiger partial charge >= 0.3 is 17.9 Å². The van der Waals surface area contributed by atoms with Crippen molar-refractivity contribution >= 4 is 23.7 Å². The molecule has 1 saturated carbocycles. The highest BCUT2D eigenvalue weighted by molar-refractivity contribution is 6.16. The van der Waals surface area contributed by atoms with E-state index in [0.29, 0.717) is 19.3 Å². The first-order valence-electron chi connectivity index (χ1n) is 8.06. The molecule has 0 amide bonds. The van der Waals surface area contributed by atoms with E-state index in [9.17, 15) is 19.2 Å². The lowest BCUT2D eigenvalue weighted by Crippen LogP contribution is -2.57. The van der Waals surface area contributed by atoms with Crippen LogP contribution in [0.15, 0.2) is 11.1 Å². The second-order valence-electron chi connectivity index (χ2n) is 5.91. The van der Waals surface area contributed by atoms with E-state index in [4.69, 9.17) is 14.2 Å². The quantitative estimate of drug-likeness (QED) is 0.564. The number of carbonyl (C=O) groups is 4. The van der Waals surface area contributed by atoms with Crippen LogP contribution in [0, 0.1) is 11.3 Å². The maximum Gasteiger partial charge on any atom is 0.335 e. The highest BCUT2D eigenvalue weighted by Crippen LogP contribution is 2.58. The van der Waals surface area contributed by atoms with Crippen molar-refractivity contribution in [2.75, 3.05) is 20.8 Å². The van der Waals surface area contributed by atoms with E-state index in [1.165, 1.54) is 7.11 Å². The van der Waals surface area contributed by atoms with Crippen LogP contribution in [0.4, 0.5) is 0 Å². The average molecular weight is 338 g/mol. The molecule has 7 heteroatoms. The number of hydrogen-bond donors (Lipinski definition) is 0. The van der Waals surface area contributed by atoms with E-state index in [1.807, 2.05) is 0 Å². The number of ether oxygens (including phenoxy) is 3. The fraction of sp³-hybridized carbons (Fsp3) is 0.647. The molecule has 0 aliphatic heterocycles. The lowest BCUT2D eigenvalue weighted by molar-refractivity contribution is -0.161. The van der Waals surface area contributed by atoms with Gasteiger partial charge in [0, 0.05) is 6.42 Å². The molecule has 132 valence electrons. The van der Waals surface area contributed by atoms with Gasteiger partial charge in [-0.25, -0.2) is 9.59 Å². The van der Waals surface area contributed by atoms with Crippen LogP contribution in [0.2, 0.25) is 0 Å². The SMILES string of the molecule is CCOC(=O)C1=C(C(=O)OC)[C@H](C(=O)OC)[C@@]12CCCCCC2=O. The molecule has 0 aromatic rings. The molecule has 2 aliphatic rings. The van der Waals surface area contributed by atoms with Crippen molar-refractivity contribution < 1.29 is 33.4 Å². The van der Waals surface area contributed by atoms with Gasteiger partial charge < -0.3 is 14.2 Å². The molecule has 0 heterocycles. The van der Waals surface area contributed by atoms with Crippen molar-refractivity contribution in [3.8, 4) is 0 Å². The Morgan fingerprint density at radius 3 is 2.38 bits per heavy atom. The third-order valence-corrected chi connectivity index (χ3v) is 4.79. The molecule has 0 unspecified atom stereocenters. The Balaban J connectivity index is 2.65. The molecular formula is C17H22O7. The molecule has 0 bridgehead atoms. The van der Waals surface area contributed by atoms with Crippen molar-refractivity contribution in [2.24, 2.45) is 11.3 Å². The summed E-state index contributed by atoms with van der Waals surface area (Å²) >= 11 is 0. The standard InChI is InChI=1S/C17H22O7/c1-4-24-16(21)13-11(14(19)22-2)12(15(20)23-3)17(13)9-7-5-6-8-10(17)18/h12H,4-9H2,1-3H3/t12-,17+/m1/s1. The molecule has 2 aliphatic carbocycles. The van der Waals surface area contributed by atoms with Gasteiger partial charge in [0.2, 0.25) is 0 Å². The first-order chi connectivity index (χ1) is 11.4. The van der Waals surface area contributed by atoms with Gasteiger partial charge in [-0.05, 0) is 19.8 Å². The molecule has 7 nitrogen and oxygen atoms in total. The average Bonchev–Trinajstić information content (AvgIpc) is 2.75. The lowest BCUT2D eigenvalue weighted by atomic mass is 9.52. The van der Waals surface area contributed by atoms with Crippen molar-refractivity contribution in [1.82, 2.24) is 0 Å². The number of carbonyl (C=O) groups excluding carboxylic acids is 4. The number of methoxy groups -OCH3 is 2. The van der Waals surface area contributed by atoms with Crippen LogP contribution in [0.5, 0.6) is 0 Å². The van der Waals surface area contributed by atoms with E-state index >= 15 is 0 Å². The Bertz CT molecular complexity index is 604. The molecule has 0 aromatic carbocycles. The molecular weight excluding hydrogens is 316 g/mol. The summed E-state index contributed by atoms with van der Waals surface area (Å²) in [6.07, 6.45) is 2.77. The zero-order chi connectivity index (χ0) is 17.9. The van der Waals surface area contributed by atoms with Crippen LogP contribution >= 0.6 is 0 Å². The maximum atomic E-state index is 12.8. The predicted molar refractivity (Wildman–Crippen MR) is 81.7 cm³/mol. The van der Waals surface area contributed by atoms with Gasteiger partial charge in [0.1, 0.15) is 11.7 Å². The topological polar surface area (TPSA) is 96.0 Å². The number of esters is 3. The fourth-order valence-electron chi connectivity index (χ4n) is 3.76. The Hall–Kier alpha value is -2.18. The summed E-state index contributed by atoms with van der Waals surface area (Å²) in [5.41, 5.74) is -1.48. The highest BCUT2D eigenvalue weighted by atomic mass is 16.5. The van der Waals surface area contributed by atoms with E-state index in [2.05, 4.69) is 0 Å². The first-order valence-corrected chi connectivity index (χ1v) is 8.06. The summed E-state index contributed by atoms with van der Waals surface area (Å²) < 4.78 is 14.6. The second-order valence-corrected chi connectivity index (χ2v) is 5.91. The molecule has 0 saturated heterocycles. The number of Topliss-reactive ketones (excluding diaryl/α,β-unsaturated/α-hetero) is 1. The largest absolute Gasteiger partial charge is 0.469 e. The van der Waals surface area contributed by atoms with Gasteiger partial charge in [0.15, 0.2) is 0 Å². The molecule has 2 rings (SSSR count). The minimum absolute atomic E-state index is 0.0292. The van der Waals surface area contributed by atoms with Crippen molar-refractivity contribution in [3.63, 3.8) is 0 Å². The fourth-order valence-corrected chi connectivity index (χ4v) is 3.76. The summed E-state index contributed by atoms with van der Waals surface area (Å²) in [6.45, 7) is 1.73. The molecule has 0 aromatic heterocycles. The number of ketones is 1. The molecule has 1 spiro atoms. The number of rotatable bonds is 4. The molecule has 1 fully saturated rings. The third-order valence-electron chi connectivity index (χ3n) is 4.79. The normalized spacial score (nSPS) is 26.5. The van der Waals surface area contributed by atoms with E-state index in [1.54, 1.807) is 6.92 Å². The summed E-state index contributed by atoms with van der Waals surface area (Å²) in [4.78, 5) is 49.7. The summed E-state index contributed by atoms with van der Waals surface area (Å²) in [5.74, 6) is -3.59. The van der Waals surface area contributed by atoms with Gasteiger partial charge in [0.25, 0.3) is 0 Å². The molecule has 24 heavy (non-hydrogen) atoms. The Kier molecular flexibility index (Phi) is 5.41. The van der Waals surface area contributed by atoms with Crippen LogP contribution < -0.4 is 0 Å². The van der Waals surface area contributed by atoms with Crippen LogP contribution in [0.1, 0.15) is 39.0 Å². The molecule has 0 N–H and O–H groups in total. The van der Waals surface area contributed by atoms with Gasteiger partial charge in [0.05, 0.1) is 37.4 Å². The summed E-state index contributed by atoms with van der Waals surface area (Å²) in [7, 11) is 2.35. The second kappa shape index (κ2) is 7.15. The smallest absolute Gasteiger partial charge is 0.335 e. The van der Waals surface area contributed by atoms with Crippen LogP contribution in [0.25, 0.3) is 0 Å². The van der Waals surface area contributed by atoms with Crippen LogP contribution in [-0.4, -0.2) is 44.5 Å². The predicted octanol–water partition coefficient (Wildman–Crippen LogP) is 1.34. The molecule has 0 radical (unpaired) electrons. The van der Waals surface area contributed by atoms with Crippen molar-refractivity contribution in [3.05, 3.63) is 11.1 Å². The van der Waals surface area contributed by atoms with Gasteiger partial charge in [-0.15, -0.1) is 0 Å². The van der Waals surface area contributed by atoms with Crippen molar-refractivity contribution in [1.29, 1.82) is 0 Å². The van der Waals surface area contributed by atoms with E-state index < -0.39 is 29.2 Å². The Labute approximate surface area is 140 Å². The minimum atomic E-state index is -1.33. The zero-order valence-corrected chi connectivity index (χ0v) is 14.2.